The SMILES string of the molecule is FC(F)(F)COCCCc1nc(CCl)cs1. The Morgan fingerprint density at radius 3 is 2.75 bits per heavy atom. The van der Waals surface area contributed by atoms with Gasteiger partial charge in [-0.3, -0.25) is 0 Å². The van der Waals surface area contributed by atoms with Gasteiger partial charge in [0.2, 0.25) is 0 Å². The molecule has 0 aromatic carbocycles. The van der Waals surface area contributed by atoms with Crippen molar-refractivity contribution in [1.82, 2.24) is 4.98 Å². The van der Waals surface area contributed by atoms with Crippen LogP contribution in [0.2, 0.25) is 0 Å². The summed E-state index contributed by atoms with van der Waals surface area (Å²) in [6, 6.07) is 0. The van der Waals surface area contributed by atoms with Crippen LogP contribution in [0.5, 0.6) is 0 Å². The Hall–Kier alpha value is -0.330. The fourth-order valence-corrected chi connectivity index (χ4v) is 2.11. The zero-order valence-electron chi connectivity index (χ0n) is 8.39. The van der Waals surface area contributed by atoms with Gasteiger partial charge in [0.25, 0.3) is 0 Å². The maximum Gasteiger partial charge on any atom is 0.411 e. The number of hydrogen-bond donors (Lipinski definition) is 0. The average Bonchev–Trinajstić information content (AvgIpc) is 2.63. The molecule has 0 unspecified atom stereocenters. The number of hydrogen-bond acceptors (Lipinski definition) is 3. The van der Waals surface area contributed by atoms with Gasteiger partial charge in [-0.05, 0) is 6.42 Å². The Kier molecular flexibility index (Phi) is 5.51. The number of aryl methyl sites for hydroxylation is 1. The van der Waals surface area contributed by atoms with Crippen molar-refractivity contribution in [2.24, 2.45) is 0 Å². The van der Waals surface area contributed by atoms with Gasteiger partial charge in [-0.25, -0.2) is 4.98 Å². The summed E-state index contributed by atoms with van der Waals surface area (Å²) >= 11 is 7.03. The lowest BCUT2D eigenvalue weighted by Crippen LogP contribution is -2.17. The number of halogens is 4. The quantitative estimate of drug-likeness (QED) is 0.585. The van der Waals surface area contributed by atoms with E-state index >= 15 is 0 Å². The Morgan fingerprint density at radius 1 is 1.44 bits per heavy atom. The van der Waals surface area contributed by atoms with Gasteiger partial charge in [0.1, 0.15) is 6.61 Å². The predicted molar refractivity (Wildman–Crippen MR) is 56.9 cm³/mol. The van der Waals surface area contributed by atoms with E-state index in [0.29, 0.717) is 18.7 Å². The van der Waals surface area contributed by atoms with Crippen molar-refractivity contribution in [1.29, 1.82) is 0 Å². The van der Waals surface area contributed by atoms with E-state index < -0.39 is 12.8 Å². The molecule has 0 spiro atoms. The fraction of sp³-hybridized carbons (Fsp3) is 0.667. The average molecular weight is 274 g/mol. The van der Waals surface area contributed by atoms with Gasteiger partial charge in [-0.15, -0.1) is 22.9 Å². The summed E-state index contributed by atoms with van der Waals surface area (Å²) in [6.45, 7) is -1.09. The summed E-state index contributed by atoms with van der Waals surface area (Å²) in [5.41, 5.74) is 0.804. The molecule has 0 amide bonds. The molecule has 0 saturated carbocycles. The van der Waals surface area contributed by atoms with Crippen LogP contribution in [0.4, 0.5) is 13.2 Å². The molecule has 1 heterocycles. The topological polar surface area (TPSA) is 22.1 Å². The second kappa shape index (κ2) is 6.42. The third-order valence-corrected chi connectivity index (χ3v) is 2.91. The largest absolute Gasteiger partial charge is 0.411 e. The smallest absolute Gasteiger partial charge is 0.372 e. The molecule has 0 aliphatic rings. The first-order chi connectivity index (χ1) is 7.51. The monoisotopic (exact) mass is 273 g/mol. The van der Waals surface area contributed by atoms with E-state index in [1.54, 1.807) is 0 Å². The van der Waals surface area contributed by atoms with Crippen molar-refractivity contribution in [2.75, 3.05) is 13.2 Å². The highest BCUT2D eigenvalue weighted by atomic mass is 35.5. The molecule has 92 valence electrons. The van der Waals surface area contributed by atoms with Crippen LogP contribution in [0.1, 0.15) is 17.1 Å². The molecule has 1 aromatic heterocycles. The standard InChI is InChI=1S/C9H11ClF3NOS/c10-4-7-5-16-8(14-7)2-1-3-15-6-9(11,12)13/h5H,1-4,6H2. The third-order valence-electron chi connectivity index (χ3n) is 1.68. The molecule has 1 aromatic rings. The lowest BCUT2D eigenvalue weighted by atomic mass is 10.3. The minimum atomic E-state index is -4.24. The first-order valence-electron chi connectivity index (χ1n) is 4.65. The van der Waals surface area contributed by atoms with Gasteiger partial charge in [-0.2, -0.15) is 13.2 Å². The van der Waals surface area contributed by atoms with Gasteiger partial charge in [0.15, 0.2) is 0 Å². The minimum Gasteiger partial charge on any atom is -0.372 e. The van der Waals surface area contributed by atoms with E-state index in [1.807, 2.05) is 5.38 Å². The van der Waals surface area contributed by atoms with Crippen molar-refractivity contribution < 1.29 is 17.9 Å². The van der Waals surface area contributed by atoms with Crippen molar-refractivity contribution in [3.8, 4) is 0 Å². The highest BCUT2D eigenvalue weighted by Crippen LogP contribution is 2.16. The second-order valence-corrected chi connectivity index (χ2v) is 4.35. The molecule has 0 fully saturated rings. The Bertz CT molecular complexity index is 316. The van der Waals surface area contributed by atoms with Crippen LogP contribution in [0.3, 0.4) is 0 Å². The minimum absolute atomic E-state index is 0.0926. The van der Waals surface area contributed by atoms with Gasteiger partial charge in [0.05, 0.1) is 16.6 Å². The first-order valence-corrected chi connectivity index (χ1v) is 6.06. The normalized spacial score (nSPS) is 12.0. The van der Waals surface area contributed by atoms with E-state index in [9.17, 15) is 13.2 Å². The van der Waals surface area contributed by atoms with Crippen LogP contribution in [-0.4, -0.2) is 24.4 Å². The summed E-state index contributed by atoms with van der Waals surface area (Å²) in [7, 11) is 0. The number of alkyl halides is 4. The Balaban J connectivity index is 2.11. The highest BCUT2D eigenvalue weighted by molar-refractivity contribution is 7.09. The molecule has 2 nitrogen and oxygen atoms in total. The van der Waals surface area contributed by atoms with E-state index in [0.717, 1.165) is 10.7 Å². The molecule has 0 bridgehead atoms. The molecular formula is C9H11ClF3NOS. The number of nitrogens with zero attached hydrogens (tertiary/aromatic N) is 1. The highest BCUT2D eigenvalue weighted by Gasteiger charge is 2.27. The molecule has 0 radical (unpaired) electrons. The zero-order valence-corrected chi connectivity index (χ0v) is 9.96. The predicted octanol–water partition coefficient (Wildman–Crippen LogP) is 3.39. The van der Waals surface area contributed by atoms with E-state index in [1.165, 1.54) is 11.3 Å². The van der Waals surface area contributed by atoms with Crippen molar-refractivity contribution in [3.05, 3.63) is 16.1 Å². The van der Waals surface area contributed by atoms with Gasteiger partial charge in [0, 0.05) is 18.4 Å². The van der Waals surface area contributed by atoms with Gasteiger partial charge >= 0.3 is 6.18 Å². The molecule has 0 aliphatic carbocycles. The lowest BCUT2D eigenvalue weighted by molar-refractivity contribution is -0.174. The number of thiazole rings is 1. The fourth-order valence-electron chi connectivity index (χ4n) is 1.04. The summed E-state index contributed by atoms with van der Waals surface area (Å²) < 4.78 is 39.6. The third kappa shape index (κ3) is 5.67. The lowest BCUT2D eigenvalue weighted by Gasteiger charge is -2.06. The Morgan fingerprint density at radius 2 is 2.19 bits per heavy atom. The molecule has 0 N–H and O–H groups in total. The van der Waals surface area contributed by atoms with Crippen LogP contribution >= 0.6 is 22.9 Å². The molecular weight excluding hydrogens is 263 g/mol. The van der Waals surface area contributed by atoms with Crippen molar-refractivity contribution >= 4 is 22.9 Å². The van der Waals surface area contributed by atoms with Gasteiger partial charge in [-0.1, -0.05) is 0 Å². The second-order valence-electron chi connectivity index (χ2n) is 3.14. The van der Waals surface area contributed by atoms with Crippen LogP contribution in [0, 0.1) is 0 Å². The van der Waals surface area contributed by atoms with Crippen LogP contribution in [-0.2, 0) is 17.0 Å². The molecule has 0 atom stereocenters. The number of aromatic nitrogens is 1. The number of rotatable bonds is 6. The summed E-state index contributed by atoms with van der Waals surface area (Å²) in [6.07, 6.45) is -3.09. The molecule has 1 rings (SSSR count). The van der Waals surface area contributed by atoms with Crippen molar-refractivity contribution in [2.45, 2.75) is 24.9 Å². The van der Waals surface area contributed by atoms with E-state index in [-0.39, 0.29) is 6.61 Å². The maximum absolute atomic E-state index is 11.7. The summed E-state index contributed by atoms with van der Waals surface area (Å²) in [5.74, 6) is 0.362. The van der Waals surface area contributed by atoms with E-state index in [2.05, 4.69) is 9.72 Å². The molecule has 0 aliphatic heterocycles. The molecule has 16 heavy (non-hydrogen) atoms. The van der Waals surface area contributed by atoms with Crippen molar-refractivity contribution in [3.63, 3.8) is 0 Å². The Labute approximate surface area is 100 Å². The summed E-state index contributed by atoms with van der Waals surface area (Å²) in [4.78, 5) is 4.18. The van der Waals surface area contributed by atoms with Crippen LogP contribution in [0.25, 0.3) is 0 Å². The molecule has 0 saturated heterocycles. The van der Waals surface area contributed by atoms with Crippen LogP contribution in [0.15, 0.2) is 5.38 Å². The van der Waals surface area contributed by atoms with Gasteiger partial charge < -0.3 is 4.74 Å². The zero-order chi connectivity index (χ0) is 12.0. The molecule has 7 heteroatoms. The van der Waals surface area contributed by atoms with Crippen LogP contribution < -0.4 is 0 Å². The first kappa shape index (κ1) is 13.7. The summed E-state index contributed by atoms with van der Waals surface area (Å²) in [5, 5.41) is 2.73. The van der Waals surface area contributed by atoms with E-state index in [4.69, 9.17) is 11.6 Å². The maximum atomic E-state index is 11.7. The number of ether oxygens (including phenoxy) is 1.